The number of rotatable bonds is 6. The number of nitrogens with two attached hydrogens (primary N) is 1. The Balaban J connectivity index is 2.08. The van der Waals surface area contributed by atoms with Crippen LogP contribution in [0, 0.1) is 5.82 Å². The molecule has 0 bridgehead atoms. The number of nitrogen functional groups attached to an aromatic ring is 1. The SMILES string of the molecule is CCCOC(=O)c1ccc(N)c(OCc2cccc(F)c2)c1. The number of esters is 1. The zero-order valence-corrected chi connectivity index (χ0v) is 12.3. The third kappa shape index (κ3) is 4.22. The first-order valence-electron chi connectivity index (χ1n) is 7.04. The van der Waals surface area contributed by atoms with Gasteiger partial charge in [0.15, 0.2) is 0 Å². The van der Waals surface area contributed by atoms with E-state index in [0.29, 0.717) is 29.2 Å². The van der Waals surface area contributed by atoms with Gasteiger partial charge in [-0.2, -0.15) is 0 Å². The summed E-state index contributed by atoms with van der Waals surface area (Å²) in [6.45, 7) is 2.45. The number of hydrogen-bond donors (Lipinski definition) is 1. The molecule has 2 aromatic rings. The maximum atomic E-state index is 13.1. The molecule has 0 amide bonds. The van der Waals surface area contributed by atoms with E-state index in [2.05, 4.69) is 0 Å². The molecular formula is C17H18FNO3. The molecule has 0 aliphatic carbocycles. The predicted octanol–water partition coefficient (Wildman–Crippen LogP) is 3.55. The van der Waals surface area contributed by atoms with Crippen LogP contribution in [0.5, 0.6) is 5.75 Å². The molecule has 2 aromatic carbocycles. The van der Waals surface area contributed by atoms with Gasteiger partial charge in [-0.25, -0.2) is 9.18 Å². The van der Waals surface area contributed by atoms with Crippen molar-refractivity contribution in [1.29, 1.82) is 0 Å². The minimum Gasteiger partial charge on any atom is -0.487 e. The monoisotopic (exact) mass is 303 g/mol. The van der Waals surface area contributed by atoms with Crippen LogP contribution in [0.25, 0.3) is 0 Å². The van der Waals surface area contributed by atoms with Crippen LogP contribution in [0.2, 0.25) is 0 Å². The van der Waals surface area contributed by atoms with Gasteiger partial charge in [0, 0.05) is 0 Å². The second-order valence-corrected chi connectivity index (χ2v) is 4.81. The van der Waals surface area contributed by atoms with Crippen molar-refractivity contribution in [2.75, 3.05) is 12.3 Å². The Morgan fingerprint density at radius 2 is 2.05 bits per heavy atom. The fraction of sp³-hybridized carbons (Fsp3) is 0.235. The molecule has 0 aromatic heterocycles. The van der Waals surface area contributed by atoms with Crippen LogP contribution in [0.3, 0.4) is 0 Å². The molecule has 0 radical (unpaired) electrons. The van der Waals surface area contributed by atoms with Crippen molar-refractivity contribution < 1.29 is 18.7 Å². The summed E-state index contributed by atoms with van der Waals surface area (Å²) in [5, 5.41) is 0. The van der Waals surface area contributed by atoms with E-state index >= 15 is 0 Å². The van der Waals surface area contributed by atoms with Crippen molar-refractivity contribution in [2.24, 2.45) is 0 Å². The number of carbonyl (C=O) groups is 1. The van der Waals surface area contributed by atoms with Crippen molar-refractivity contribution in [1.82, 2.24) is 0 Å². The van der Waals surface area contributed by atoms with Crippen LogP contribution in [0.1, 0.15) is 29.3 Å². The minimum absolute atomic E-state index is 0.162. The highest BCUT2D eigenvalue weighted by Gasteiger charge is 2.10. The van der Waals surface area contributed by atoms with Gasteiger partial charge in [-0.3, -0.25) is 0 Å². The lowest BCUT2D eigenvalue weighted by molar-refractivity contribution is 0.0504. The summed E-state index contributed by atoms with van der Waals surface area (Å²) < 4.78 is 23.8. The number of benzene rings is 2. The normalized spacial score (nSPS) is 10.3. The summed E-state index contributed by atoms with van der Waals surface area (Å²) >= 11 is 0. The molecule has 2 rings (SSSR count). The van der Waals surface area contributed by atoms with Crippen LogP contribution in [0.4, 0.5) is 10.1 Å². The van der Waals surface area contributed by atoms with Crippen LogP contribution >= 0.6 is 0 Å². The molecule has 0 saturated carbocycles. The zero-order chi connectivity index (χ0) is 15.9. The summed E-state index contributed by atoms with van der Waals surface area (Å²) in [4.78, 5) is 11.8. The maximum Gasteiger partial charge on any atom is 0.338 e. The fourth-order valence-electron chi connectivity index (χ4n) is 1.85. The minimum atomic E-state index is -0.419. The van der Waals surface area contributed by atoms with Gasteiger partial charge in [0.05, 0.1) is 17.9 Å². The summed E-state index contributed by atoms with van der Waals surface area (Å²) in [6.07, 6.45) is 0.754. The van der Waals surface area contributed by atoms with Gasteiger partial charge < -0.3 is 15.2 Å². The van der Waals surface area contributed by atoms with E-state index in [1.54, 1.807) is 24.3 Å². The summed E-state index contributed by atoms with van der Waals surface area (Å²) in [5.74, 6) is -0.376. The summed E-state index contributed by atoms with van der Waals surface area (Å²) in [5.41, 5.74) is 7.29. The van der Waals surface area contributed by atoms with E-state index < -0.39 is 5.97 Å². The van der Waals surface area contributed by atoms with E-state index in [-0.39, 0.29) is 12.4 Å². The molecule has 2 N–H and O–H groups in total. The van der Waals surface area contributed by atoms with Gasteiger partial charge in [-0.1, -0.05) is 19.1 Å². The number of anilines is 1. The van der Waals surface area contributed by atoms with E-state index in [1.807, 2.05) is 6.92 Å². The maximum absolute atomic E-state index is 13.1. The summed E-state index contributed by atoms with van der Waals surface area (Å²) in [7, 11) is 0. The molecule has 0 spiro atoms. The number of hydrogen-bond acceptors (Lipinski definition) is 4. The quantitative estimate of drug-likeness (QED) is 0.655. The zero-order valence-electron chi connectivity index (χ0n) is 12.3. The van der Waals surface area contributed by atoms with Gasteiger partial charge in [0.1, 0.15) is 18.2 Å². The molecule has 116 valence electrons. The standard InChI is InChI=1S/C17H18FNO3/c1-2-8-21-17(20)13-6-7-15(19)16(10-13)22-11-12-4-3-5-14(18)9-12/h3-7,9-10H,2,8,11,19H2,1H3. The average Bonchev–Trinajstić information content (AvgIpc) is 2.52. The highest BCUT2D eigenvalue weighted by molar-refractivity contribution is 5.90. The Hall–Kier alpha value is -2.56. The lowest BCUT2D eigenvalue weighted by Gasteiger charge is -2.11. The average molecular weight is 303 g/mol. The largest absolute Gasteiger partial charge is 0.487 e. The third-order valence-corrected chi connectivity index (χ3v) is 2.97. The van der Waals surface area contributed by atoms with Gasteiger partial charge in [-0.05, 0) is 42.3 Å². The first-order chi connectivity index (χ1) is 10.6. The van der Waals surface area contributed by atoms with Crippen molar-refractivity contribution in [3.63, 3.8) is 0 Å². The van der Waals surface area contributed by atoms with Gasteiger partial charge in [-0.15, -0.1) is 0 Å². The Kier molecular flexibility index (Phi) is 5.36. The molecule has 22 heavy (non-hydrogen) atoms. The molecule has 0 aliphatic rings. The molecule has 0 unspecified atom stereocenters. The predicted molar refractivity (Wildman–Crippen MR) is 82.2 cm³/mol. The van der Waals surface area contributed by atoms with Crippen molar-refractivity contribution in [3.8, 4) is 5.75 Å². The van der Waals surface area contributed by atoms with Crippen LogP contribution in [0.15, 0.2) is 42.5 Å². The molecule has 0 heterocycles. The van der Waals surface area contributed by atoms with Gasteiger partial charge >= 0.3 is 5.97 Å². The fourth-order valence-corrected chi connectivity index (χ4v) is 1.85. The van der Waals surface area contributed by atoms with Gasteiger partial charge in [0.25, 0.3) is 0 Å². The Bertz CT molecular complexity index is 658. The third-order valence-electron chi connectivity index (χ3n) is 2.97. The summed E-state index contributed by atoms with van der Waals surface area (Å²) in [6, 6.07) is 10.8. The Labute approximate surface area is 128 Å². The van der Waals surface area contributed by atoms with E-state index in [1.165, 1.54) is 18.2 Å². The van der Waals surface area contributed by atoms with Crippen LogP contribution in [-0.2, 0) is 11.3 Å². The van der Waals surface area contributed by atoms with E-state index in [9.17, 15) is 9.18 Å². The number of halogens is 1. The van der Waals surface area contributed by atoms with E-state index in [0.717, 1.165) is 6.42 Å². The second kappa shape index (κ2) is 7.45. The number of ether oxygens (including phenoxy) is 2. The van der Waals surface area contributed by atoms with Crippen molar-refractivity contribution in [2.45, 2.75) is 20.0 Å². The molecule has 4 nitrogen and oxygen atoms in total. The smallest absolute Gasteiger partial charge is 0.338 e. The highest BCUT2D eigenvalue weighted by Crippen LogP contribution is 2.24. The molecule has 0 saturated heterocycles. The molecule has 0 aliphatic heterocycles. The number of carbonyl (C=O) groups excluding carboxylic acids is 1. The van der Waals surface area contributed by atoms with Gasteiger partial charge in [0.2, 0.25) is 0 Å². The van der Waals surface area contributed by atoms with Crippen LogP contribution in [-0.4, -0.2) is 12.6 Å². The Morgan fingerprint density at radius 3 is 2.77 bits per heavy atom. The molecule has 0 fully saturated rings. The van der Waals surface area contributed by atoms with Crippen molar-refractivity contribution >= 4 is 11.7 Å². The highest BCUT2D eigenvalue weighted by atomic mass is 19.1. The topological polar surface area (TPSA) is 61.5 Å². The van der Waals surface area contributed by atoms with E-state index in [4.69, 9.17) is 15.2 Å². The lowest BCUT2D eigenvalue weighted by atomic mass is 10.2. The molecule has 5 heteroatoms. The molecule has 0 atom stereocenters. The second-order valence-electron chi connectivity index (χ2n) is 4.81. The van der Waals surface area contributed by atoms with Crippen molar-refractivity contribution in [3.05, 3.63) is 59.4 Å². The van der Waals surface area contributed by atoms with Crippen LogP contribution < -0.4 is 10.5 Å². The first kappa shape index (κ1) is 15.8. The molecular weight excluding hydrogens is 285 g/mol. The first-order valence-corrected chi connectivity index (χ1v) is 7.04. The Morgan fingerprint density at radius 1 is 1.23 bits per heavy atom. The lowest BCUT2D eigenvalue weighted by Crippen LogP contribution is -2.07.